The summed E-state index contributed by atoms with van der Waals surface area (Å²) < 4.78 is 0. The van der Waals surface area contributed by atoms with E-state index in [0.717, 1.165) is 22.3 Å². The highest BCUT2D eigenvalue weighted by molar-refractivity contribution is 5.98. The van der Waals surface area contributed by atoms with Crippen LogP contribution in [0.1, 0.15) is 20.7 Å². The first-order chi connectivity index (χ1) is 11.6. The predicted octanol–water partition coefficient (Wildman–Crippen LogP) is 3.22. The maximum Gasteiger partial charge on any atom is 0.248 e. The number of carbonyl (C=O) groups is 2. The molecular weight excluding hydrogens is 300 g/mol. The van der Waals surface area contributed by atoms with Gasteiger partial charge in [-0.3, -0.25) is 9.59 Å². The van der Waals surface area contributed by atoms with Gasteiger partial charge >= 0.3 is 0 Å². The molecule has 0 unspecified atom stereocenters. The zero-order valence-electron chi connectivity index (χ0n) is 12.9. The highest BCUT2D eigenvalue weighted by Gasteiger charge is 2.12. The van der Waals surface area contributed by atoms with Crippen molar-refractivity contribution in [1.29, 1.82) is 0 Å². The van der Waals surface area contributed by atoms with E-state index in [9.17, 15) is 9.59 Å². The van der Waals surface area contributed by atoms with E-state index < -0.39 is 11.8 Å². The first kappa shape index (κ1) is 15.5. The molecule has 4 N–H and O–H groups in total. The molecule has 0 fully saturated rings. The van der Waals surface area contributed by atoms with Gasteiger partial charge in [0.05, 0.1) is 0 Å². The maximum absolute atomic E-state index is 11.5. The second-order valence-corrected chi connectivity index (χ2v) is 5.44. The van der Waals surface area contributed by atoms with E-state index in [1.807, 2.05) is 42.5 Å². The molecule has 0 saturated heterocycles. The van der Waals surface area contributed by atoms with Crippen LogP contribution in [0.4, 0.5) is 0 Å². The third kappa shape index (κ3) is 3.03. The number of hydrogen-bond acceptors (Lipinski definition) is 2. The van der Waals surface area contributed by atoms with Crippen molar-refractivity contribution in [3.8, 4) is 22.3 Å². The first-order valence-corrected chi connectivity index (χ1v) is 7.46. The summed E-state index contributed by atoms with van der Waals surface area (Å²) in [6.07, 6.45) is 0. The molecule has 0 aromatic heterocycles. The summed E-state index contributed by atoms with van der Waals surface area (Å²) in [5, 5.41) is 0. The molecule has 2 amide bonds. The minimum absolute atomic E-state index is 0.434. The van der Waals surface area contributed by atoms with Crippen LogP contribution in [0.5, 0.6) is 0 Å². The smallest absolute Gasteiger partial charge is 0.248 e. The molecule has 0 aliphatic rings. The number of nitrogens with two attached hydrogens (primary N) is 2. The lowest BCUT2D eigenvalue weighted by Crippen LogP contribution is -2.11. The lowest BCUT2D eigenvalue weighted by molar-refractivity contribution is 0.0992. The Kier molecular flexibility index (Phi) is 4.12. The zero-order chi connectivity index (χ0) is 17.1. The average Bonchev–Trinajstić information content (AvgIpc) is 2.62. The highest BCUT2D eigenvalue weighted by atomic mass is 16.1. The Balaban J connectivity index is 2.22. The summed E-state index contributed by atoms with van der Waals surface area (Å²) in [7, 11) is 0. The number of primary amides is 2. The molecule has 0 saturated carbocycles. The molecule has 0 aliphatic carbocycles. The third-order valence-corrected chi connectivity index (χ3v) is 3.85. The summed E-state index contributed by atoms with van der Waals surface area (Å²) in [5.41, 5.74) is 15.2. The molecule has 0 aliphatic heterocycles. The Morgan fingerprint density at radius 1 is 0.583 bits per heavy atom. The minimum Gasteiger partial charge on any atom is -0.366 e. The molecular formula is C20H16N2O2. The molecule has 118 valence electrons. The lowest BCUT2D eigenvalue weighted by atomic mass is 9.92. The van der Waals surface area contributed by atoms with E-state index in [0.29, 0.717) is 11.1 Å². The van der Waals surface area contributed by atoms with Crippen LogP contribution in [-0.4, -0.2) is 11.8 Å². The van der Waals surface area contributed by atoms with Crippen LogP contribution < -0.4 is 11.5 Å². The van der Waals surface area contributed by atoms with E-state index >= 15 is 0 Å². The van der Waals surface area contributed by atoms with Crippen LogP contribution in [0.3, 0.4) is 0 Å². The molecule has 0 heterocycles. The van der Waals surface area contributed by atoms with Crippen LogP contribution in [0.2, 0.25) is 0 Å². The largest absolute Gasteiger partial charge is 0.366 e. The van der Waals surface area contributed by atoms with Gasteiger partial charge in [0.15, 0.2) is 0 Å². The fourth-order valence-electron chi connectivity index (χ4n) is 2.65. The van der Waals surface area contributed by atoms with E-state index in [1.165, 1.54) is 0 Å². The summed E-state index contributed by atoms with van der Waals surface area (Å²) in [4.78, 5) is 23.0. The van der Waals surface area contributed by atoms with Crippen LogP contribution >= 0.6 is 0 Å². The van der Waals surface area contributed by atoms with Gasteiger partial charge in [0.25, 0.3) is 0 Å². The van der Waals surface area contributed by atoms with Crippen molar-refractivity contribution in [2.45, 2.75) is 0 Å². The molecule has 0 spiro atoms. The van der Waals surface area contributed by atoms with Crippen molar-refractivity contribution in [2.75, 3.05) is 0 Å². The molecule has 24 heavy (non-hydrogen) atoms. The summed E-state index contributed by atoms with van der Waals surface area (Å²) in [6.45, 7) is 0. The molecule has 4 nitrogen and oxygen atoms in total. The Bertz CT molecular complexity index is 918. The fourth-order valence-corrected chi connectivity index (χ4v) is 2.65. The monoisotopic (exact) mass is 316 g/mol. The number of rotatable bonds is 4. The SMILES string of the molecule is NC(=O)c1cccc(-c2ccc(C(N)=O)cc2-c2ccccc2)c1. The van der Waals surface area contributed by atoms with Gasteiger partial charge in [0.1, 0.15) is 0 Å². The number of carbonyl (C=O) groups excluding carboxylic acids is 2. The van der Waals surface area contributed by atoms with Crippen LogP contribution in [0, 0.1) is 0 Å². The van der Waals surface area contributed by atoms with Crippen molar-refractivity contribution in [3.63, 3.8) is 0 Å². The van der Waals surface area contributed by atoms with Crippen LogP contribution in [0.25, 0.3) is 22.3 Å². The van der Waals surface area contributed by atoms with Gasteiger partial charge in [-0.2, -0.15) is 0 Å². The molecule has 3 aromatic rings. The van der Waals surface area contributed by atoms with Crippen molar-refractivity contribution >= 4 is 11.8 Å². The first-order valence-electron chi connectivity index (χ1n) is 7.46. The van der Waals surface area contributed by atoms with Gasteiger partial charge in [-0.15, -0.1) is 0 Å². The van der Waals surface area contributed by atoms with Crippen LogP contribution in [-0.2, 0) is 0 Å². The third-order valence-electron chi connectivity index (χ3n) is 3.85. The molecule has 0 atom stereocenters. The normalized spacial score (nSPS) is 10.3. The zero-order valence-corrected chi connectivity index (χ0v) is 12.9. The minimum atomic E-state index is -0.482. The van der Waals surface area contributed by atoms with Gasteiger partial charge in [-0.1, -0.05) is 48.5 Å². The topological polar surface area (TPSA) is 86.2 Å². The average molecular weight is 316 g/mol. The van der Waals surface area contributed by atoms with Gasteiger partial charge in [0, 0.05) is 11.1 Å². The van der Waals surface area contributed by atoms with Gasteiger partial charge < -0.3 is 11.5 Å². The number of benzene rings is 3. The van der Waals surface area contributed by atoms with E-state index in [-0.39, 0.29) is 0 Å². The summed E-state index contributed by atoms with van der Waals surface area (Å²) in [6, 6.07) is 22.1. The van der Waals surface area contributed by atoms with Crippen molar-refractivity contribution in [2.24, 2.45) is 11.5 Å². The van der Waals surface area contributed by atoms with Crippen molar-refractivity contribution < 1.29 is 9.59 Å². The summed E-state index contributed by atoms with van der Waals surface area (Å²) in [5.74, 6) is -0.962. The molecule has 4 heteroatoms. The Labute approximate surface area is 139 Å². The van der Waals surface area contributed by atoms with Gasteiger partial charge in [-0.25, -0.2) is 0 Å². The fraction of sp³-hybridized carbons (Fsp3) is 0. The standard InChI is InChI=1S/C20H16N2O2/c21-19(23)15-8-4-7-14(11-15)17-10-9-16(20(22)24)12-18(17)13-5-2-1-3-6-13/h1-12H,(H2,21,23)(H2,22,24). The molecule has 3 rings (SSSR count). The van der Waals surface area contributed by atoms with E-state index in [4.69, 9.17) is 11.5 Å². The van der Waals surface area contributed by atoms with Gasteiger partial charge in [-0.05, 0) is 46.5 Å². The van der Waals surface area contributed by atoms with E-state index in [1.54, 1.807) is 30.3 Å². The lowest BCUT2D eigenvalue weighted by Gasteiger charge is -2.12. The number of amides is 2. The van der Waals surface area contributed by atoms with Crippen LogP contribution in [0.15, 0.2) is 72.8 Å². The highest BCUT2D eigenvalue weighted by Crippen LogP contribution is 2.33. The molecule has 0 radical (unpaired) electrons. The van der Waals surface area contributed by atoms with Crippen molar-refractivity contribution in [1.82, 2.24) is 0 Å². The second kappa shape index (κ2) is 6.38. The molecule has 0 bridgehead atoms. The van der Waals surface area contributed by atoms with Gasteiger partial charge in [0.2, 0.25) is 11.8 Å². The summed E-state index contributed by atoms with van der Waals surface area (Å²) >= 11 is 0. The van der Waals surface area contributed by atoms with Crippen molar-refractivity contribution in [3.05, 3.63) is 83.9 Å². The number of hydrogen-bond donors (Lipinski definition) is 2. The Hall–Kier alpha value is -3.40. The molecule has 3 aromatic carbocycles. The Morgan fingerprint density at radius 2 is 1.21 bits per heavy atom. The maximum atomic E-state index is 11.5. The quantitative estimate of drug-likeness (QED) is 0.774. The predicted molar refractivity (Wildman–Crippen MR) is 94.3 cm³/mol. The second-order valence-electron chi connectivity index (χ2n) is 5.44. The Morgan fingerprint density at radius 3 is 1.88 bits per heavy atom. The van der Waals surface area contributed by atoms with E-state index in [2.05, 4.69) is 0 Å².